The van der Waals surface area contributed by atoms with Gasteiger partial charge in [-0.1, -0.05) is 72.8 Å². The summed E-state index contributed by atoms with van der Waals surface area (Å²) in [5.41, 5.74) is 5.67. The number of benzene rings is 3. The molecule has 3 nitrogen and oxygen atoms in total. The molecule has 0 saturated heterocycles. The second-order valence-electron chi connectivity index (χ2n) is 6.64. The molecule has 3 aromatic carbocycles. The Labute approximate surface area is 182 Å². The van der Waals surface area contributed by atoms with Crippen LogP contribution in [0.5, 0.6) is 5.75 Å². The number of allylic oxidation sites excluding steroid dienone is 1. The van der Waals surface area contributed by atoms with Gasteiger partial charge in [-0.2, -0.15) is 0 Å². The van der Waals surface area contributed by atoms with E-state index >= 15 is 0 Å². The zero-order chi connectivity index (χ0) is 21.2. The highest BCUT2D eigenvalue weighted by atomic mass is 35.5. The number of ether oxygens (including phenoxy) is 2. The number of hydrogen-bond donors (Lipinski definition) is 0. The van der Waals surface area contributed by atoms with E-state index in [9.17, 15) is 4.79 Å². The van der Waals surface area contributed by atoms with Crippen LogP contribution >= 0.6 is 11.6 Å². The summed E-state index contributed by atoms with van der Waals surface area (Å²) in [6.07, 6.45) is 0.747. The molecule has 0 aliphatic heterocycles. The van der Waals surface area contributed by atoms with Gasteiger partial charge in [0.05, 0.1) is 6.61 Å². The van der Waals surface area contributed by atoms with Crippen LogP contribution in [0.2, 0.25) is 0 Å². The van der Waals surface area contributed by atoms with Crippen molar-refractivity contribution in [2.45, 2.75) is 13.3 Å². The van der Waals surface area contributed by atoms with Crippen LogP contribution in [0.15, 0.2) is 84.9 Å². The molecule has 0 saturated carbocycles. The molecule has 0 heterocycles. The van der Waals surface area contributed by atoms with Gasteiger partial charge in [0.2, 0.25) is 0 Å². The summed E-state index contributed by atoms with van der Waals surface area (Å²) in [6, 6.07) is 28.4. The van der Waals surface area contributed by atoms with Gasteiger partial charge in [0, 0.05) is 5.88 Å². The van der Waals surface area contributed by atoms with Gasteiger partial charge >= 0.3 is 5.97 Å². The summed E-state index contributed by atoms with van der Waals surface area (Å²) < 4.78 is 10.4. The van der Waals surface area contributed by atoms with Crippen molar-refractivity contribution < 1.29 is 14.3 Å². The minimum atomic E-state index is -0.375. The van der Waals surface area contributed by atoms with E-state index in [4.69, 9.17) is 21.1 Å². The molecular formula is C26H25ClO3. The number of esters is 1. The standard InChI is InChI=1S/C26H25ClO3/c1-2-29-25(28)19-30-23-15-13-22(14-16-23)26(21-11-7-4-8-12-21)24(17-18-27)20-9-5-3-6-10-20/h3-16H,2,17-19H2,1H3/b26-24-. The minimum Gasteiger partial charge on any atom is -0.482 e. The molecule has 0 aromatic heterocycles. The molecule has 0 N–H and O–H groups in total. The van der Waals surface area contributed by atoms with Crippen LogP contribution in [0.25, 0.3) is 11.1 Å². The number of alkyl halides is 1. The molecule has 3 rings (SSSR count). The first-order valence-electron chi connectivity index (χ1n) is 10.0. The van der Waals surface area contributed by atoms with Crippen molar-refractivity contribution in [3.05, 3.63) is 102 Å². The smallest absolute Gasteiger partial charge is 0.344 e. The molecule has 30 heavy (non-hydrogen) atoms. The molecule has 0 amide bonds. The van der Waals surface area contributed by atoms with Crippen LogP contribution in [-0.4, -0.2) is 25.1 Å². The van der Waals surface area contributed by atoms with Gasteiger partial charge in [0.25, 0.3) is 0 Å². The number of halogens is 1. The molecule has 0 fully saturated rings. The zero-order valence-corrected chi connectivity index (χ0v) is 17.8. The maximum Gasteiger partial charge on any atom is 0.344 e. The topological polar surface area (TPSA) is 35.5 Å². The Morgan fingerprint density at radius 3 is 1.93 bits per heavy atom. The lowest BCUT2D eigenvalue weighted by molar-refractivity contribution is -0.145. The molecule has 0 spiro atoms. The molecule has 0 aliphatic rings. The normalized spacial score (nSPS) is 11.5. The zero-order valence-electron chi connectivity index (χ0n) is 17.0. The Bertz CT molecular complexity index is 964. The van der Waals surface area contributed by atoms with E-state index in [-0.39, 0.29) is 12.6 Å². The molecule has 3 aromatic rings. The minimum absolute atomic E-state index is 0.101. The number of hydrogen-bond acceptors (Lipinski definition) is 3. The molecular weight excluding hydrogens is 396 g/mol. The Kier molecular flexibility index (Phi) is 8.10. The predicted octanol–water partition coefficient (Wildman–Crippen LogP) is 6.22. The van der Waals surface area contributed by atoms with E-state index in [0.717, 1.165) is 28.7 Å². The third kappa shape index (κ3) is 5.74. The number of carbonyl (C=O) groups is 1. The highest BCUT2D eigenvalue weighted by molar-refractivity contribution is 6.18. The van der Waals surface area contributed by atoms with Crippen LogP contribution in [0, 0.1) is 0 Å². The van der Waals surface area contributed by atoms with E-state index in [0.29, 0.717) is 18.2 Å². The van der Waals surface area contributed by atoms with Gasteiger partial charge in [0.1, 0.15) is 5.75 Å². The summed E-state index contributed by atoms with van der Waals surface area (Å²) in [5, 5.41) is 0. The Morgan fingerprint density at radius 2 is 1.37 bits per heavy atom. The highest BCUT2D eigenvalue weighted by Gasteiger charge is 2.14. The Morgan fingerprint density at radius 1 is 0.800 bits per heavy atom. The lowest BCUT2D eigenvalue weighted by Crippen LogP contribution is -2.14. The Balaban J connectivity index is 2.00. The van der Waals surface area contributed by atoms with Crippen molar-refractivity contribution in [1.29, 1.82) is 0 Å². The van der Waals surface area contributed by atoms with Crippen molar-refractivity contribution in [3.8, 4) is 5.75 Å². The molecule has 154 valence electrons. The van der Waals surface area contributed by atoms with Crippen LogP contribution in [0.4, 0.5) is 0 Å². The molecule has 0 unspecified atom stereocenters. The number of carbonyl (C=O) groups excluding carboxylic acids is 1. The fourth-order valence-electron chi connectivity index (χ4n) is 3.33. The first-order chi connectivity index (χ1) is 14.7. The van der Waals surface area contributed by atoms with Crippen LogP contribution in [-0.2, 0) is 9.53 Å². The summed E-state index contributed by atoms with van der Waals surface area (Å²) >= 11 is 6.19. The average Bonchev–Trinajstić information content (AvgIpc) is 2.80. The molecule has 0 aliphatic carbocycles. The lowest BCUT2D eigenvalue weighted by atomic mass is 9.88. The van der Waals surface area contributed by atoms with Crippen LogP contribution in [0.1, 0.15) is 30.0 Å². The third-order valence-corrected chi connectivity index (χ3v) is 4.82. The van der Waals surface area contributed by atoms with Gasteiger partial charge < -0.3 is 9.47 Å². The monoisotopic (exact) mass is 420 g/mol. The highest BCUT2D eigenvalue weighted by Crippen LogP contribution is 2.35. The van der Waals surface area contributed by atoms with E-state index in [1.54, 1.807) is 6.92 Å². The average molecular weight is 421 g/mol. The van der Waals surface area contributed by atoms with Crippen molar-refractivity contribution in [2.24, 2.45) is 0 Å². The second kappa shape index (κ2) is 11.2. The van der Waals surface area contributed by atoms with E-state index in [1.165, 1.54) is 5.57 Å². The van der Waals surface area contributed by atoms with Crippen LogP contribution < -0.4 is 4.74 Å². The fourth-order valence-corrected chi connectivity index (χ4v) is 3.52. The molecule has 0 radical (unpaired) electrons. The summed E-state index contributed by atoms with van der Waals surface area (Å²) in [4.78, 5) is 11.5. The third-order valence-electron chi connectivity index (χ3n) is 4.64. The van der Waals surface area contributed by atoms with Gasteiger partial charge in [-0.25, -0.2) is 4.79 Å². The van der Waals surface area contributed by atoms with Gasteiger partial charge in [-0.3, -0.25) is 0 Å². The maximum absolute atomic E-state index is 11.5. The Hall–Kier alpha value is -3.04. The van der Waals surface area contributed by atoms with E-state index in [1.807, 2.05) is 60.7 Å². The molecule has 4 heteroatoms. The fraction of sp³-hybridized carbons (Fsp3) is 0.192. The van der Waals surface area contributed by atoms with Crippen molar-refractivity contribution in [2.75, 3.05) is 19.1 Å². The first kappa shape index (κ1) is 21.7. The SMILES string of the molecule is CCOC(=O)COc1ccc(/C(=C(/CCCl)c2ccccc2)c2ccccc2)cc1. The molecule has 0 bridgehead atoms. The second-order valence-corrected chi connectivity index (χ2v) is 7.02. The number of rotatable bonds is 9. The predicted molar refractivity (Wildman–Crippen MR) is 123 cm³/mol. The van der Waals surface area contributed by atoms with Gasteiger partial charge in [0.15, 0.2) is 6.61 Å². The molecule has 0 atom stereocenters. The summed E-state index contributed by atoms with van der Waals surface area (Å²) in [6.45, 7) is 2.01. The summed E-state index contributed by atoms with van der Waals surface area (Å²) in [5.74, 6) is 0.777. The van der Waals surface area contributed by atoms with E-state index < -0.39 is 0 Å². The largest absolute Gasteiger partial charge is 0.482 e. The van der Waals surface area contributed by atoms with Crippen LogP contribution in [0.3, 0.4) is 0 Å². The van der Waals surface area contributed by atoms with E-state index in [2.05, 4.69) is 24.3 Å². The van der Waals surface area contributed by atoms with Crippen molar-refractivity contribution >= 4 is 28.7 Å². The maximum atomic E-state index is 11.5. The first-order valence-corrected chi connectivity index (χ1v) is 10.5. The van der Waals surface area contributed by atoms with Crippen molar-refractivity contribution in [1.82, 2.24) is 0 Å². The van der Waals surface area contributed by atoms with Crippen molar-refractivity contribution in [3.63, 3.8) is 0 Å². The quantitative estimate of drug-likeness (QED) is 0.234. The lowest BCUT2D eigenvalue weighted by Gasteiger charge is -2.17. The van der Waals surface area contributed by atoms with Gasteiger partial charge in [-0.15, -0.1) is 11.6 Å². The van der Waals surface area contributed by atoms with Gasteiger partial charge in [-0.05, 0) is 53.3 Å². The summed E-state index contributed by atoms with van der Waals surface area (Å²) in [7, 11) is 0.